The molecule has 0 aromatic carbocycles. The van der Waals surface area contributed by atoms with Gasteiger partial charge in [-0.25, -0.2) is 0 Å². The summed E-state index contributed by atoms with van der Waals surface area (Å²) in [5, 5.41) is 3.62. The quantitative estimate of drug-likeness (QED) is 0.874. The van der Waals surface area contributed by atoms with Crippen LogP contribution in [0.3, 0.4) is 0 Å². The Bertz CT molecular complexity index is 399. The molecule has 1 aromatic heterocycles. The molecule has 2 heterocycles. The second-order valence-corrected chi connectivity index (χ2v) is 5.74. The Morgan fingerprint density at radius 3 is 2.83 bits per heavy atom. The van der Waals surface area contributed by atoms with Crippen LogP contribution in [0.2, 0.25) is 0 Å². The number of hydrogen-bond donors (Lipinski definition) is 1. The third-order valence-corrected chi connectivity index (χ3v) is 4.05. The van der Waals surface area contributed by atoms with E-state index in [1.165, 1.54) is 25.8 Å². The lowest BCUT2D eigenvalue weighted by Crippen LogP contribution is -2.34. The molecule has 1 aromatic rings. The van der Waals surface area contributed by atoms with Crippen LogP contribution in [0.5, 0.6) is 0 Å². The fourth-order valence-electron chi connectivity index (χ4n) is 2.88. The summed E-state index contributed by atoms with van der Waals surface area (Å²) in [7, 11) is 0. The third kappa shape index (κ3) is 2.70. The summed E-state index contributed by atoms with van der Waals surface area (Å²) in [6.45, 7) is 6.36. The van der Waals surface area contributed by atoms with Gasteiger partial charge in [-0.05, 0) is 33.1 Å². The molecule has 3 rings (SSSR count). The summed E-state index contributed by atoms with van der Waals surface area (Å²) in [4.78, 5) is 11.3. The standard InChI is InChI=1S/C14H22N4/c1-10-6-16-13(7-15-10)8-17-12-5-11(2)18(9-12)14-3-4-14/h6-7,11-12,14,17H,3-5,8-9H2,1-2H3. The van der Waals surface area contributed by atoms with Crippen LogP contribution in [-0.2, 0) is 6.54 Å². The Kier molecular flexibility index (Phi) is 3.31. The molecule has 1 aliphatic carbocycles. The fraction of sp³-hybridized carbons (Fsp3) is 0.714. The van der Waals surface area contributed by atoms with Gasteiger partial charge < -0.3 is 5.32 Å². The zero-order chi connectivity index (χ0) is 12.5. The Hall–Kier alpha value is -1.00. The molecule has 98 valence electrons. The summed E-state index contributed by atoms with van der Waals surface area (Å²) in [6.07, 6.45) is 7.78. The molecule has 1 aliphatic heterocycles. The minimum Gasteiger partial charge on any atom is -0.307 e. The van der Waals surface area contributed by atoms with Gasteiger partial charge in [0.05, 0.1) is 11.4 Å². The number of rotatable bonds is 4. The molecule has 0 amide bonds. The second kappa shape index (κ2) is 4.94. The lowest BCUT2D eigenvalue weighted by molar-refractivity contribution is 0.255. The molecule has 18 heavy (non-hydrogen) atoms. The summed E-state index contributed by atoms with van der Waals surface area (Å²) in [6, 6.07) is 2.23. The first kappa shape index (κ1) is 12.1. The summed E-state index contributed by atoms with van der Waals surface area (Å²) in [5.41, 5.74) is 2.02. The van der Waals surface area contributed by atoms with Crippen LogP contribution in [0.25, 0.3) is 0 Å². The van der Waals surface area contributed by atoms with Gasteiger partial charge in [-0.15, -0.1) is 0 Å². The van der Waals surface area contributed by atoms with Gasteiger partial charge in [-0.2, -0.15) is 0 Å². The van der Waals surface area contributed by atoms with Crippen LogP contribution in [0.4, 0.5) is 0 Å². The lowest BCUT2D eigenvalue weighted by atomic mass is 10.2. The van der Waals surface area contributed by atoms with Crippen molar-refractivity contribution in [2.75, 3.05) is 6.54 Å². The van der Waals surface area contributed by atoms with Crippen molar-refractivity contribution in [1.82, 2.24) is 20.2 Å². The molecule has 2 fully saturated rings. The van der Waals surface area contributed by atoms with E-state index in [0.29, 0.717) is 6.04 Å². The van der Waals surface area contributed by atoms with Crippen molar-refractivity contribution in [2.24, 2.45) is 0 Å². The maximum Gasteiger partial charge on any atom is 0.0724 e. The van der Waals surface area contributed by atoms with Crippen LogP contribution in [0.1, 0.15) is 37.6 Å². The van der Waals surface area contributed by atoms with Crippen LogP contribution >= 0.6 is 0 Å². The summed E-state index contributed by atoms with van der Waals surface area (Å²) < 4.78 is 0. The predicted octanol–water partition coefficient (Wildman–Crippen LogP) is 1.50. The zero-order valence-corrected chi connectivity index (χ0v) is 11.3. The maximum atomic E-state index is 4.39. The van der Waals surface area contributed by atoms with E-state index in [2.05, 4.69) is 27.1 Å². The Morgan fingerprint density at radius 2 is 2.17 bits per heavy atom. The minimum absolute atomic E-state index is 0.615. The normalized spacial score (nSPS) is 28.8. The number of nitrogens with one attached hydrogen (secondary N) is 1. The Morgan fingerprint density at radius 1 is 1.33 bits per heavy atom. The average molecular weight is 246 g/mol. The van der Waals surface area contributed by atoms with Crippen LogP contribution in [0, 0.1) is 6.92 Å². The largest absolute Gasteiger partial charge is 0.307 e. The van der Waals surface area contributed by atoms with Crippen molar-refractivity contribution >= 4 is 0 Å². The number of likely N-dealkylation sites (tertiary alicyclic amines) is 1. The Balaban J connectivity index is 1.50. The van der Waals surface area contributed by atoms with Gasteiger partial charge in [0.25, 0.3) is 0 Å². The van der Waals surface area contributed by atoms with E-state index >= 15 is 0 Å². The molecule has 0 spiro atoms. The average Bonchev–Trinajstić information content (AvgIpc) is 3.13. The van der Waals surface area contributed by atoms with E-state index in [0.717, 1.165) is 30.0 Å². The minimum atomic E-state index is 0.615. The van der Waals surface area contributed by atoms with Crippen LogP contribution in [0.15, 0.2) is 12.4 Å². The fourth-order valence-corrected chi connectivity index (χ4v) is 2.88. The molecule has 0 bridgehead atoms. The van der Waals surface area contributed by atoms with Gasteiger partial charge in [-0.1, -0.05) is 0 Å². The highest BCUT2D eigenvalue weighted by atomic mass is 15.3. The van der Waals surface area contributed by atoms with E-state index in [-0.39, 0.29) is 0 Å². The molecule has 1 saturated heterocycles. The van der Waals surface area contributed by atoms with Crippen molar-refractivity contribution in [3.05, 3.63) is 23.8 Å². The molecule has 4 nitrogen and oxygen atoms in total. The van der Waals surface area contributed by atoms with E-state index in [1.54, 1.807) is 0 Å². The van der Waals surface area contributed by atoms with Gasteiger partial charge in [-0.3, -0.25) is 14.9 Å². The highest BCUT2D eigenvalue weighted by Gasteiger charge is 2.38. The molecule has 2 aliphatic rings. The molecular weight excluding hydrogens is 224 g/mol. The van der Waals surface area contributed by atoms with Gasteiger partial charge in [0.1, 0.15) is 0 Å². The highest BCUT2D eigenvalue weighted by Crippen LogP contribution is 2.33. The third-order valence-electron chi connectivity index (χ3n) is 4.05. The first-order valence-corrected chi connectivity index (χ1v) is 6.99. The van der Waals surface area contributed by atoms with Crippen molar-refractivity contribution in [1.29, 1.82) is 0 Å². The number of nitrogens with zero attached hydrogens (tertiary/aromatic N) is 3. The van der Waals surface area contributed by atoms with Crippen molar-refractivity contribution < 1.29 is 0 Å². The van der Waals surface area contributed by atoms with Crippen LogP contribution < -0.4 is 5.32 Å². The number of aromatic nitrogens is 2. The second-order valence-electron chi connectivity index (χ2n) is 5.74. The zero-order valence-electron chi connectivity index (χ0n) is 11.3. The van der Waals surface area contributed by atoms with Gasteiger partial charge in [0.15, 0.2) is 0 Å². The van der Waals surface area contributed by atoms with Gasteiger partial charge >= 0.3 is 0 Å². The first-order chi connectivity index (χ1) is 8.72. The van der Waals surface area contributed by atoms with Crippen molar-refractivity contribution in [3.63, 3.8) is 0 Å². The molecule has 4 heteroatoms. The molecule has 0 radical (unpaired) electrons. The summed E-state index contributed by atoms with van der Waals surface area (Å²) >= 11 is 0. The van der Waals surface area contributed by atoms with E-state index in [1.807, 2.05) is 19.3 Å². The molecule has 1 saturated carbocycles. The van der Waals surface area contributed by atoms with Gasteiger partial charge in [0, 0.05) is 43.6 Å². The van der Waals surface area contributed by atoms with Gasteiger partial charge in [0.2, 0.25) is 0 Å². The maximum absolute atomic E-state index is 4.39. The molecule has 2 unspecified atom stereocenters. The van der Waals surface area contributed by atoms with Crippen molar-refractivity contribution in [2.45, 2.75) is 57.8 Å². The smallest absolute Gasteiger partial charge is 0.0724 e. The molecule has 1 N–H and O–H groups in total. The van der Waals surface area contributed by atoms with E-state index in [4.69, 9.17) is 0 Å². The lowest BCUT2D eigenvalue weighted by Gasteiger charge is -2.19. The number of hydrogen-bond acceptors (Lipinski definition) is 4. The van der Waals surface area contributed by atoms with E-state index < -0.39 is 0 Å². The predicted molar refractivity (Wildman–Crippen MR) is 71.2 cm³/mol. The SMILES string of the molecule is Cc1cnc(CNC2CC(C)N(C3CC3)C2)cn1. The highest BCUT2D eigenvalue weighted by molar-refractivity contribution is 5.02. The molecule has 2 atom stereocenters. The van der Waals surface area contributed by atoms with Crippen LogP contribution in [-0.4, -0.2) is 39.5 Å². The van der Waals surface area contributed by atoms with Crippen molar-refractivity contribution in [3.8, 4) is 0 Å². The summed E-state index contributed by atoms with van der Waals surface area (Å²) in [5.74, 6) is 0. The Labute approximate surface area is 109 Å². The number of aryl methyl sites for hydroxylation is 1. The van der Waals surface area contributed by atoms with E-state index in [9.17, 15) is 0 Å². The topological polar surface area (TPSA) is 41.1 Å². The molecular formula is C14H22N4. The monoisotopic (exact) mass is 246 g/mol. The first-order valence-electron chi connectivity index (χ1n) is 6.99.